The molecule has 1 aliphatic rings. The zero-order valence-corrected chi connectivity index (χ0v) is 7.27. The Kier molecular flexibility index (Phi) is 2.07. The van der Waals surface area contributed by atoms with E-state index in [4.69, 9.17) is 4.74 Å². The normalized spacial score (nSPS) is 18.9. The maximum absolute atomic E-state index is 11.4. The van der Waals surface area contributed by atoms with Crippen molar-refractivity contribution >= 4 is 5.78 Å². The highest BCUT2D eigenvalue weighted by Crippen LogP contribution is 2.24. The first-order chi connectivity index (χ1) is 6.81. The molecule has 1 aromatic rings. The highest BCUT2D eigenvalue weighted by molar-refractivity contribution is 5.90. The number of Topliss-reactive ketones (excluding diaryl/α,β-unsaturated/α-hetero) is 1. The van der Waals surface area contributed by atoms with E-state index < -0.39 is 6.10 Å². The molecule has 2 rings (SSSR count). The summed E-state index contributed by atoms with van der Waals surface area (Å²) >= 11 is 0. The van der Waals surface area contributed by atoms with Crippen LogP contribution in [-0.2, 0) is 11.2 Å². The zero-order chi connectivity index (χ0) is 9.97. The minimum atomic E-state index is -0.942. The number of benzene rings is 1. The summed E-state index contributed by atoms with van der Waals surface area (Å²) in [6.45, 7) is 0. The number of hydrogen-bond acceptors (Lipinski definition) is 3. The van der Waals surface area contributed by atoms with E-state index in [-0.39, 0.29) is 12.2 Å². The van der Waals surface area contributed by atoms with Gasteiger partial charge in [0.1, 0.15) is 5.75 Å². The predicted octanol–water partition coefficient (Wildman–Crippen LogP) is 1.39. The quantitative estimate of drug-likeness (QED) is 0.579. The van der Waals surface area contributed by atoms with Crippen molar-refractivity contribution < 1.29 is 9.53 Å². The van der Waals surface area contributed by atoms with Gasteiger partial charge in [0.15, 0.2) is 5.78 Å². The number of fused-ring (bicyclic) bond motifs is 1. The van der Waals surface area contributed by atoms with Gasteiger partial charge in [-0.2, -0.15) is 0 Å². The third-order valence-corrected chi connectivity index (χ3v) is 2.04. The van der Waals surface area contributed by atoms with E-state index in [2.05, 4.69) is 11.1 Å². The van der Waals surface area contributed by atoms with Crippen LogP contribution in [0.4, 0.5) is 0 Å². The standard InChI is InChI=1S/C10H7NO3/c12-8-5-7-3-1-2-4-9(7)14-10(8)6-11-13/h1-4,10H,5H2. The average molecular weight is 189 g/mol. The molecule has 1 aromatic carbocycles. The summed E-state index contributed by atoms with van der Waals surface area (Å²) in [7, 11) is 0. The lowest BCUT2D eigenvalue weighted by molar-refractivity contribution is -0.123. The highest BCUT2D eigenvalue weighted by atomic mass is 16.5. The first-order valence-corrected chi connectivity index (χ1v) is 4.16. The SMILES string of the molecule is O=C1Cc2ccccc2OC1C#[N+][O-]. The van der Waals surface area contributed by atoms with Crippen LogP contribution in [0.25, 0.3) is 5.01 Å². The van der Waals surface area contributed by atoms with Gasteiger partial charge < -0.3 is 9.94 Å². The summed E-state index contributed by atoms with van der Waals surface area (Å²) in [4.78, 5) is 11.4. The maximum atomic E-state index is 11.4. The molecule has 0 radical (unpaired) electrons. The minimum absolute atomic E-state index is 0.191. The largest absolute Gasteiger partial charge is 0.498 e. The third-order valence-electron chi connectivity index (χ3n) is 2.04. The van der Waals surface area contributed by atoms with Crippen molar-refractivity contribution in [3.05, 3.63) is 40.0 Å². The maximum Gasteiger partial charge on any atom is 0.351 e. The monoisotopic (exact) mass is 189 g/mol. The molecule has 0 saturated carbocycles. The summed E-state index contributed by atoms with van der Waals surface area (Å²) < 4.78 is 5.23. The van der Waals surface area contributed by atoms with Crippen molar-refractivity contribution in [2.24, 2.45) is 0 Å². The Hall–Kier alpha value is -2.02. The number of hydrogen-bond donors (Lipinski definition) is 0. The van der Waals surface area contributed by atoms with Crippen LogP contribution in [0, 0.1) is 11.3 Å². The smallest absolute Gasteiger partial charge is 0.351 e. The van der Waals surface area contributed by atoms with Crippen molar-refractivity contribution in [1.29, 1.82) is 0 Å². The molecule has 0 N–H and O–H groups in total. The molecular formula is C10H7NO3. The summed E-state index contributed by atoms with van der Waals surface area (Å²) in [6, 6.07) is 9.28. The van der Waals surface area contributed by atoms with Gasteiger partial charge >= 0.3 is 6.07 Å². The molecule has 1 unspecified atom stereocenters. The van der Waals surface area contributed by atoms with Crippen molar-refractivity contribution in [2.45, 2.75) is 12.5 Å². The van der Waals surface area contributed by atoms with E-state index in [9.17, 15) is 10.0 Å². The molecule has 70 valence electrons. The molecule has 0 bridgehead atoms. The van der Waals surface area contributed by atoms with Gasteiger partial charge in [-0.1, -0.05) is 18.2 Å². The van der Waals surface area contributed by atoms with Gasteiger partial charge in [0.2, 0.25) is 0 Å². The number of ether oxygens (including phenoxy) is 1. The Bertz CT molecular complexity index is 430. The number of nitrogens with zero attached hydrogens (tertiary/aromatic N) is 1. The van der Waals surface area contributed by atoms with Crippen LogP contribution in [0.15, 0.2) is 24.3 Å². The lowest BCUT2D eigenvalue weighted by Crippen LogP contribution is -2.31. The molecule has 0 spiro atoms. The van der Waals surface area contributed by atoms with Crippen LogP contribution < -0.4 is 4.74 Å². The number of carbonyl (C=O) groups is 1. The molecule has 4 heteroatoms. The number of ketones is 1. The Morgan fingerprint density at radius 3 is 3.07 bits per heavy atom. The van der Waals surface area contributed by atoms with Gasteiger partial charge in [-0.25, -0.2) is 0 Å². The number of para-hydroxylation sites is 1. The molecular weight excluding hydrogens is 182 g/mol. The molecule has 0 amide bonds. The van der Waals surface area contributed by atoms with Gasteiger partial charge in [0.05, 0.1) is 0 Å². The summed E-state index contributed by atoms with van der Waals surface area (Å²) in [5.74, 6) is 0.427. The number of rotatable bonds is 0. The minimum Gasteiger partial charge on any atom is -0.498 e. The van der Waals surface area contributed by atoms with Crippen LogP contribution in [0.3, 0.4) is 0 Å². The first kappa shape index (κ1) is 8.57. The summed E-state index contributed by atoms with van der Waals surface area (Å²) in [6.07, 6.45) is -0.675. The molecule has 0 aromatic heterocycles. The Morgan fingerprint density at radius 2 is 2.29 bits per heavy atom. The predicted molar refractivity (Wildman–Crippen MR) is 50.2 cm³/mol. The topological polar surface area (TPSA) is 53.7 Å². The van der Waals surface area contributed by atoms with Crippen LogP contribution in [0.5, 0.6) is 5.75 Å². The molecule has 1 atom stereocenters. The first-order valence-electron chi connectivity index (χ1n) is 4.16. The molecule has 1 heterocycles. The molecule has 0 fully saturated rings. The lowest BCUT2D eigenvalue weighted by Gasteiger charge is -2.18. The third kappa shape index (κ3) is 1.40. The summed E-state index contributed by atoms with van der Waals surface area (Å²) in [5, 5.41) is 12.4. The van der Waals surface area contributed by atoms with Crippen LogP contribution in [-0.4, -0.2) is 11.9 Å². The van der Waals surface area contributed by atoms with E-state index in [1.165, 1.54) is 0 Å². The van der Waals surface area contributed by atoms with Crippen molar-refractivity contribution in [3.8, 4) is 11.8 Å². The Balaban J connectivity index is 2.34. The molecule has 0 aliphatic carbocycles. The molecule has 1 aliphatic heterocycles. The van der Waals surface area contributed by atoms with E-state index in [0.717, 1.165) is 5.56 Å². The van der Waals surface area contributed by atoms with Crippen molar-refractivity contribution in [3.63, 3.8) is 0 Å². The van der Waals surface area contributed by atoms with Crippen molar-refractivity contribution in [1.82, 2.24) is 0 Å². The summed E-state index contributed by atoms with van der Waals surface area (Å²) in [5.41, 5.74) is 0.835. The lowest BCUT2D eigenvalue weighted by atomic mass is 10.0. The highest BCUT2D eigenvalue weighted by Gasteiger charge is 2.30. The van der Waals surface area contributed by atoms with Gasteiger partial charge in [-0.15, -0.1) is 0 Å². The molecule has 0 saturated heterocycles. The van der Waals surface area contributed by atoms with E-state index >= 15 is 0 Å². The molecule has 14 heavy (non-hydrogen) atoms. The fourth-order valence-corrected chi connectivity index (χ4v) is 1.38. The average Bonchev–Trinajstić information content (AvgIpc) is 2.19. The van der Waals surface area contributed by atoms with Gasteiger partial charge in [0.25, 0.3) is 6.10 Å². The number of carbonyl (C=O) groups excluding carboxylic acids is 1. The van der Waals surface area contributed by atoms with Gasteiger partial charge in [0, 0.05) is 17.0 Å². The second-order valence-corrected chi connectivity index (χ2v) is 2.97. The van der Waals surface area contributed by atoms with Crippen molar-refractivity contribution in [2.75, 3.05) is 0 Å². The van der Waals surface area contributed by atoms with E-state index in [0.29, 0.717) is 5.75 Å². The van der Waals surface area contributed by atoms with E-state index in [1.54, 1.807) is 12.1 Å². The Labute approximate surface area is 80.5 Å². The van der Waals surface area contributed by atoms with Gasteiger partial charge in [-0.3, -0.25) is 4.79 Å². The zero-order valence-electron chi connectivity index (χ0n) is 7.27. The van der Waals surface area contributed by atoms with Crippen LogP contribution in [0.2, 0.25) is 0 Å². The second kappa shape index (κ2) is 3.38. The van der Waals surface area contributed by atoms with Crippen LogP contribution in [0.1, 0.15) is 5.56 Å². The second-order valence-electron chi connectivity index (χ2n) is 2.97. The van der Waals surface area contributed by atoms with Crippen LogP contribution >= 0.6 is 0 Å². The van der Waals surface area contributed by atoms with E-state index in [1.807, 2.05) is 12.1 Å². The fourth-order valence-electron chi connectivity index (χ4n) is 1.38. The fraction of sp³-hybridized carbons (Fsp3) is 0.200. The van der Waals surface area contributed by atoms with Gasteiger partial charge in [-0.05, 0) is 6.07 Å². The molecule has 4 nitrogen and oxygen atoms in total. The Morgan fingerprint density at radius 1 is 1.50 bits per heavy atom.